The minimum atomic E-state index is -0.586. The molecule has 0 radical (unpaired) electrons. The lowest BCUT2D eigenvalue weighted by Gasteiger charge is -2.19. The van der Waals surface area contributed by atoms with Gasteiger partial charge in [0.05, 0.1) is 10.7 Å². The van der Waals surface area contributed by atoms with Crippen LogP contribution in [0, 0.1) is 25.2 Å². The molecule has 1 aromatic rings. The molecule has 1 heterocycles. The SMILES string of the molecule is Cc1nc(OCC(=O)OC(C)(C)C)c(C#N)c(C)c1Cl. The fourth-order valence-corrected chi connectivity index (χ4v) is 1.67. The molecule has 0 spiro atoms. The van der Waals surface area contributed by atoms with Crippen LogP contribution in [0.2, 0.25) is 5.02 Å². The van der Waals surface area contributed by atoms with Gasteiger partial charge >= 0.3 is 5.97 Å². The van der Waals surface area contributed by atoms with E-state index in [1.165, 1.54) is 0 Å². The molecule has 0 N–H and O–H groups in total. The lowest BCUT2D eigenvalue weighted by molar-refractivity contribution is -0.157. The number of ether oxygens (including phenoxy) is 2. The fraction of sp³-hybridized carbons (Fsp3) is 0.500. The van der Waals surface area contributed by atoms with Crippen molar-refractivity contribution in [3.05, 3.63) is 21.8 Å². The normalized spacial score (nSPS) is 10.8. The molecule has 20 heavy (non-hydrogen) atoms. The maximum absolute atomic E-state index is 11.6. The van der Waals surface area contributed by atoms with Gasteiger partial charge in [0, 0.05) is 0 Å². The Morgan fingerprint density at radius 2 is 2.00 bits per heavy atom. The molecular formula is C14H17ClN2O3. The number of hydrogen-bond donors (Lipinski definition) is 0. The van der Waals surface area contributed by atoms with Crippen LogP contribution in [0.15, 0.2) is 0 Å². The molecule has 0 aromatic carbocycles. The molecule has 0 aliphatic carbocycles. The van der Waals surface area contributed by atoms with E-state index in [1.807, 2.05) is 6.07 Å². The zero-order valence-corrected chi connectivity index (χ0v) is 13.0. The van der Waals surface area contributed by atoms with Gasteiger partial charge in [0.25, 0.3) is 0 Å². The zero-order valence-electron chi connectivity index (χ0n) is 12.2. The van der Waals surface area contributed by atoms with E-state index in [2.05, 4.69) is 4.98 Å². The largest absolute Gasteiger partial charge is 0.465 e. The van der Waals surface area contributed by atoms with Gasteiger partial charge in [-0.3, -0.25) is 0 Å². The van der Waals surface area contributed by atoms with E-state index in [1.54, 1.807) is 34.6 Å². The number of hydrogen-bond acceptors (Lipinski definition) is 5. The van der Waals surface area contributed by atoms with Gasteiger partial charge in [-0.25, -0.2) is 9.78 Å². The number of carbonyl (C=O) groups is 1. The van der Waals surface area contributed by atoms with Gasteiger partial charge in [0.1, 0.15) is 17.2 Å². The van der Waals surface area contributed by atoms with Gasteiger partial charge in [-0.1, -0.05) is 11.6 Å². The monoisotopic (exact) mass is 296 g/mol. The number of nitriles is 1. The van der Waals surface area contributed by atoms with Crippen LogP contribution >= 0.6 is 11.6 Å². The minimum Gasteiger partial charge on any atom is -0.465 e. The molecule has 0 fully saturated rings. The molecule has 1 aromatic heterocycles. The molecule has 0 aliphatic heterocycles. The highest BCUT2D eigenvalue weighted by atomic mass is 35.5. The third kappa shape index (κ3) is 4.10. The van der Waals surface area contributed by atoms with E-state index in [9.17, 15) is 4.79 Å². The first kappa shape index (κ1) is 16.3. The Kier molecular flexibility index (Phi) is 4.96. The van der Waals surface area contributed by atoms with Gasteiger partial charge in [0.15, 0.2) is 6.61 Å². The number of pyridine rings is 1. The second-order valence-electron chi connectivity index (χ2n) is 5.30. The first-order chi connectivity index (χ1) is 9.15. The van der Waals surface area contributed by atoms with Gasteiger partial charge in [-0.15, -0.1) is 0 Å². The van der Waals surface area contributed by atoms with E-state index < -0.39 is 11.6 Å². The Morgan fingerprint density at radius 3 is 2.50 bits per heavy atom. The van der Waals surface area contributed by atoms with Crippen LogP contribution in [0.4, 0.5) is 0 Å². The van der Waals surface area contributed by atoms with Crippen molar-refractivity contribution in [3.8, 4) is 11.9 Å². The van der Waals surface area contributed by atoms with Crippen LogP contribution < -0.4 is 4.74 Å². The second kappa shape index (κ2) is 6.10. The van der Waals surface area contributed by atoms with Crippen LogP contribution in [0.25, 0.3) is 0 Å². The molecule has 1 rings (SSSR count). The van der Waals surface area contributed by atoms with Crippen molar-refractivity contribution in [3.63, 3.8) is 0 Å². The van der Waals surface area contributed by atoms with Crippen LogP contribution in [0.5, 0.6) is 5.88 Å². The molecule has 0 saturated heterocycles. The van der Waals surface area contributed by atoms with E-state index in [4.69, 9.17) is 26.3 Å². The molecule has 108 valence electrons. The molecule has 6 heteroatoms. The van der Waals surface area contributed by atoms with E-state index in [0.29, 0.717) is 16.3 Å². The predicted molar refractivity (Wildman–Crippen MR) is 74.8 cm³/mol. The number of nitrogens with zero attached hydrogens (tertiary/aromatic N) is 2. The van der Waals surface area contributed by atoms with Crippen molar-refractivity contribution < 1.29 is 14.3 Å². The first-order valence-electron chi connectivity index (χ1n) is 6.07. The third-order valence-electron chi connectivity index (χ3n) is 2.36. The van der Waals surface area contributed by atoms with Crippen LogP contribution in [0.3, 0.4) is 0 Å². The highest BCUT2D eigenvalue weighted by Crippen LogP contribution is 2.28. The third-order valence-corrected chi connectivity index (χ3v) is 2.92. The lowest BCUT2D eigenvalue weighted by Crippen LogP contribution is -2.27. The zero-order chi connectivity index (χ0) is 15.5. The summed E-state index contributed by atoms with van der Waals surface area (Å²) in [7, 11) is 0. The number of halogens is 1. The summed E-state index contributed by atoms with van der Waals surface area (Å²) in [5.41, 5.74) is 0.768. The van der Waals surface area contributed by atoms with Crippen LogP contribution in [-0.2, 0) is 9.53 Å². The number of esters is 1. The highest BCUT2D eigenvalue weighted by Gasteiger charge is 2.19. The number of aryl methyl sites for hydroxylation is 1. The average molecular weight is 297 g/mol. The summed E-state index contributed by atoms with van der Waals surface area (Å²) in [6.07, 6.45) is 0. The Labute approximate surface area is 123 Å². The Bertz CT molecular complexity index is 571. The number of aromatic nitrogens is 1. The summed E-state index contributed by atoms with van der Waals surface area (Å²) in [4.78, 5) is 15.7. The standard InChI is InChI=1S/C14H17ClN2O3/c1-8-10(6-16)13(17-9(2)12(8)15)19-7-11(18)20-14(3,4)5/h7H2,1-5H3. The number of carbonyl (C=O) groups excluding carboxylic acids is 1. The summed E-state index contributed by atoms with van der Waals surface area (Å²) in [6.45, 7) is 8.40. The van der Waals surface area contributed by atoms with E-state index in [-0.39, 0.29) is 18.1 Å². The topological polar surface area (TPSA) is 72.2 Å². The predicted octanol–water partition coefficient (Wildman–Crippen LogP) is 2.94. The van der Waals surface area contributed by atoms with Gasteiger partial charge < -0.3 is 9.47 Å². The van der Waals surface area contributed by atoms with Crippen molar-refractivity contribution in [1.82, 2.24) is 4.98 Å². The summed E-state index contributed by atoms with van der Waals surface area (Å²) in [5, 5.41) is 9.54. The molecular weight excluding hydrogens is 280 g/mol. The highest BCUT2D eigenvalue weighted by molar-refractivity contribution is 6.32. The fourth-order valence-electron chi connectivity index (χ4n) is 1.53. The minimum absolute atomic E-state index is 0.0951. The average Bonchev–Trinajstić information content (AvgIpc) is 2.31. The molecule has 0 amide bonds. The first-order valence-corrected chi connectivity index (χ1v) is 6.45. The lowest BCUT2D eigenvalue weighted by atomic mass is 10.1. The van der Waals surface area contributed by atoms with Crippen LogP contribution in [-0.4, -0.2) is 23.2 Å². The van der Waals surface area contributed by atoms with E-state index >= 15 is 0 Å². The summed E-state index contributed by atoms with van der Waals surface area (Å²) in [5.74, 6) is -0.425. The maximum Gasteiger partial charge on any atom is 0.344 e. The van der Waals surface area contributed by atoms with Crippen LogP contribution in [0.1, 0.15) is 37.6 Å². The van der Waals surface area contributed by atoms with Gasteiger partial charge in [-0.05, 0) is 40.2 Å². The van der Waals surface area contributed by atoms with Gasteiger partial charge in [-0.2, -0.15) is 5.26 Å². The van der Waals surface area contributed by atoms with Crippen molar-refractivity contribution in [1.29, 1.82) is 5.26 Å². The molecule has 0 unspecified atom stereocenters. The maximum atomic E-state index is 11.6. The second-order valence-corrected chi connectivity index (χ2v) is 5.68. The summed E-state index contributed by atoms with van der Waals surface area (Å²) in [6, 6.07) is 1.98. The van der Waals surface area contributed by atoms with Crippen molar-refractivity contribution in [2.45, 2.75) is 40.2 Å². The van der Waals surface area contributed by atoms with Crippen molar-refractivity contribution in [2.75, 3.05) is 6.61 Å². The molecule has 0 bridgehead atoms. The Balaban J connectivity index is 2.89. The molecule has 0 aliphatic rings. The van der Waals surface area contributed by atoms with Gasteiger partial charge in [0.2, 0.25) is 5.88 Å². The Morgan fingerprint density at radius 1 is 1.40 bits per heavy atom. The molecule has 0 atom stereocenters. The summed E-state index contributed by atoms with van der Waals surface area (Å²) >= 11 is 6.02. The quantitative estimate of drug-likeness (QED) is 0.802. The van der Waals surface area contributed by atoms with Crippen molar-refractivity contribution in [2.24, 2.45) is 0 Å². The van der Waals surface area contributed by atoms with E-state index in [0.717, 1.165) is 0 Å². The number of rotatable bonds is 3. The Hall–Kier alpha value is -1.80. The van der Waals surface area contributed by atoms with Crippen molar-refractivity contribution >= 4 is 17.6 Å². The summed E-state index contributed by atoms with van der Waals surface area (Å²) < 4.78 is 10.4. The molecule has 5 nitrogen and oxygen atoms in total. The smallest absolute Gasteiger partial charge is 0.344 e. The molecule has 0 saturated carbocycles.